The molecule has 0 spiro atoms. The Morgan fingerprint density at radius 2 is 1.49 bits per heavy atom. The topological polar surface area (TPSA) is 50.2 Å². The second kappa shape index (κ2) is 16.1. The standard InChI is InChI=1S/C28H28NSSi.C15H28O2.Ir/c1-17(2)24-16-20(15-19-9-7-8-10-21(19)24)26-28-23(13-14-29-26)22-11-12-25(31(4,5)6)18(3)27(22)30-28;1-7-14(5,8-2)12(16)11-13(17)15(6,9-3)10-4;/h7-14,16-17H,1-6H3;11,16H,7-10H2,1-6H3;/q-1;;/b;12-11-;. The van der Waals surface area contributed by atoms with E-state index in [9.17, 15) is 9.90 Å². The number of aliphatic hydroxyl groups is 1. The molecule has 0 fully saturated rings. The molecule has 0 amide bonds. The first-order valence-electron chi connectivity index (χ1n) is 17.8. The molecule has 0 unspecified atom stereocenters. The minimum absolute atomic E-state index is 0. The number of allylic oxidation sites excluding steroid dienone is 2. The molecule has 2 heterocycles. The number of ketones is 1. The molecule has 0 atom stereocenters. The number of pyridine rings is 1. The molecule has 1 N–H and O–H groups in total. The van der Waals surface area contributed by atoms with Gasteiger partial charge in [0.2, 0.25) is 0 Å². The third-order valence-corrected chi connectivity index (χ3v) is 14.4. The maximum atomic E-state index is 12.2. The molecule has 3 aromatic carbocycles. The number of nitrogens with zero attached hydrogens (tertiary/aromatic N) is 1. The van der Waals surface area contributed by atoms with Crippen molar-refractivity contribution >= 4 is 61.3 Å². The molecule has 0 saturated carbocycles. The van der Waals surface area contributed by atoms with Crippen molar-refractivity contribution in [2.45, 2.75) is 114 Å². The fourth-order valence-electron chi connectivity index (χ4n) is 6.45. The van der Waals surface area contributed by atoms with Gasteiger partial charge in [-0.05, 0) is 55.5 Å². The van der Waals surface area contributed by atoms with Crippen LogP contribution in [0.5, 0.6) is 0 Å². The van der Waals surface area contributed by atoms with Gasteiger partial charge >= 0.3 is 0 Å². The maximum Gasteiger partial charge on any atom is 0.164 e. The van der Waals surface area contributed by atoms with E-state index in [2.05, 4.69) is 95.0 Å². The van der Waals surface area contributed by atoms with Gasteiger partial charge in [0.1, 0.15) is 5.76 Å². The summed E-state index contributed by atoms with van der Waals surface area (Å²) in [6.45, 7) is 26.2. The van der Waals surface area contributed by atoms with Crippen LogP contribution >= 0.6 is 11.3 Å². The SMILES string of the molecule is CCC(C)(CC)C(=O)/C=C(\O)C(C)(CC)CC.Cc1c([Si](C)(C)C)ccc2c1sc1c(-c3[c-]c4ccccc4c(C(C)C)c3)nccc12.[Ir]. The Labute approximate surface area is 314 Å². The first kappa shape index (κ1) is 40.8. The largest absolute Gasteiger partial charge is 0.512 e. The number of thiophene rings is 1. The van der Waals surface area contributed by atoms with Crippen LogP contribution in [-0.2, 0) is 24.9 Å². The smallest absolute Gasteiger partial charge is 0.164 e. The fourth-order valence-corrected chi connectivity index (χ4v) is 9.68. The van der Waals surface area contributed by atoms with Gasteiger partial charge in [-0.2, -0.15) is 0 Å². The zero-order valence-corrected chi connectivity index (χ0v) is 35.9. The van der Waals surface area contributed by atoms with Gasteiger partial charge in [-0.25, -0.2) is 0 Å². The molecule has 5 rings (SSSR count). The van der Waals surface area contributed by atoms with Crippen molar-refractivity contribution < 1.29 is 30.0 Å². The van der Waals surface area contributed by atoms with Crippen molar-refractivity contribution in [2.75, 3.05) is 0 Å². The molecular formula is C43H56IrNO2SSi-. The van der Waals surface area contributed by atoms with Crippen LogP contribution in [0, 0.1) is 23.8 Å². The van der Waals surface area contributed by atoms with E-state index in [0.29, 0.717) is 5.92 Å². The van der Waals surface area contributed by atoms with Crippen LogP contribution in [0.1, 0.15) is 98.1 Å². The number of hydrogen-bond acceptors (Lipinski definition) is 4. The van der Waals surface area contributed by atoms with Gasteiger partial charge in [-0.15, -0.1) is 40.5 Å². The Hall–Kier alpha value is -2.63. The van der Waals surface area contributed by atoms with Crippen molar-refractivity contribution in [3.05, 3.63) is 83.8 Å². The molecular weight excluding hydrogens is 815 g/mol. The molecule has 1 radical (unpaired) electrons. The van der Waals surface area contributed by atoms with E-state index in [4.69, 9.17) is 4.98 Å². The van der Waals surface area contributed by atoms with E-state index in [0.717, 1.165) is 36.9 Å². The summed E-state index contributed by atoms with van der Waals surface area (Å²) in [7, 11) is -1.39. The van der Waals surface area contributed by atoms with E-state index in [1.807, 2.05) is 59.1 Å². The molecule has 5 aromatic rings. The third-order valence-electron chi connectivity index (χ3n) is 10.9. The van der Waals surface area contributed by atoms with E-state index < -0.39 is 8.07 Å². The van der Waals surface area contributed by atoms with E-state index >= 15 is 0 Å². The summed E-state index contributed by atoms with van der Waals surface area (Å²) >= 11 is 1.90. The predicted molar refractivity (Wildman–Crippen MR) is 214 cm³/mol. The van der Waals surface area contributed by atoms with Gasteiger partial charge in [0, 0.05) is 63.7 Å². The summed E-state index contributed by atoms with van der Waals surface area (Å²) in [4.78, 5) is 17.0. The quantitative estimate of drug-likeness (QED) is 0.0658. The number of carbonyl (C=O) groups excluding carboxylic acids is 1. The number of aromatic nitrogens is 1. The monoisotopic (exact) mass is 871 g/mol. The van der Waals surface area contributed by atoms with Gasteiger partial charge in [0.25, 0.3) is 0 Å². The zero-order chi connectivity index (χ0) is 35.6. The summed E-state index contributed by atoms with van der Waals surface area (Å²) in [5, 5.41) is 16.8. The number of aliphatic hydroxyl groups excluding tert-OH is 1. The molecule has 0 aliphatic heterocycles. The second-order valence-electron chi connectivity index (χ2n) is 15.3. The van der Waals surface area contributed by atoms with Crippen molar-refractivity contribution in [1.82, 2.24) is 4.98 Å². The van der Waals surface area contributed by atoms with Gasteiger partial charge in [-0.3, -0.25) is 9.78 Å². The summed E-state index contributed by atoms with van der Waals surface area (Å²) in [6, 6.07) is 21.5. The molecule has 0 aliphatic carbocycles. The Balaban J connectivity index is 0.000000312. The third kappa shape index (κ3) is 8.30. The fraction of sp³-hybridized carbons (Fsp3) is 0.442. The van der Waals surface area contributed by atoms with Gasteiger partial charge < -0.3 is 5.11 Å². The summed E-state index contributed by atoms with van der Waals surface area (Å²) in [5.74, 6) is 0.732. The zero-order valence-electron chi connectivity index (χ0n) is 31.7. The Bertz CT molecular complexity index is 1960. The summed E-state index contributed by atoms with van der Waals surface area (Å²) in [6.07, 6.45) is 6.72. The van der Waals surface area contributed by atoms with Gasteiger partial charge in [0.05, 0.1) is 8.07 Å². The van der Waals surface area contributed by atoms with E-state index in [-0.39, 0.29) is 42.5 Å². The van der Waals surface area contributed by atoms with Crippen molar-refractivity contribution in [1.29, 1.82) is 0 Å². The first-order valence-corrected chi connectivity index (χ1v) is 22.1. The number of benzene rings is 3. The van der Waals surface area contributed by atoms with Crippen LogP contribution in [0.2, 0.25) is 19.6 Å². The normalized spacial score (nSPS) is 12.7. The average Bonchev–Trinajstić information content (AvgIpc) is 3.46. The number of fused-ring (bicyclic) bond motifs is 4. The van der Waals surface area contributed by atoms with Crippen molar-refractivity contribution in [2.24, 2.45) is 10.8 Å². The average molecular weight is 871 g/mol. The summed E-state index contributed by atoms with van der Waals surface area (Å²) < 4.78 is 2.68. The Morgan fingerprint density at radius 1 is 0.898 bits per heavy atom. The Morgan fingerprint density at radius 3 is 2.06 bits per heavy atom. The molecule has 2 aromatic heterocycles. The second-order valence-corrected chi connectivity index (χ2v) is 21.3. The molecule has 49 heavy (non-hydrogen) atoms. The number of aryl methyl sites for hydroxylation is 1. The van der Waals surface area contributed by atoms with Crippen LogP contribution in [0.3, 0.4) is 0 Å². The molecule has 0 aliphatic rings. The van der Waals surface area contributed by atoms with Crippen LogP contribution in [-0.4, -0.2) is 23.9 Å². The molecule has 0 bridgehead atoms. The van der Waals surface area contributed by atoms with Gasteiger partial charge in [-0.1, -0.05) is 121 Å². The number of hydrogen-bond donors (Lipinski definition) is 1. The molecule has 6 heteroatoms. The predicted octanol–water partition coefficient (Wildman–Crippen LogP) is 12.7. The van der Waals surface area contributed by atoms with Crippen LogP contribution in [0.15, 0.2) is 66.6 Å². The minimum Gasteiger partial charge on any atom is -0.512 e. The van der Waals surface area contributed by atoms with Crippen molar-refractivity contribution in [3.8, 4) is 11.3 Å². The first-order chi connectivity index (χ1) is 22.5. The number of rotatable bonds is 10. The van der Waals surface area contributed by atoms with E-state index in [1.54, 1.807) is 5.19 Å². The van der Waals surface area contributed by atoms with E-state index in [1.165, 1.54) is 48.1 Å². The van der Waals surface area contributed by atoms with Gasteiger partial charge in [0.15, 0.2) is 5.78 Å². The van der Waals surface area contributed by atoms with Crippen LogP contribution in [0.4, 0.5) is 0 Å². The Kier molecular flexibility index (Phi) is 13.4. The minimum atomic E-state index is -1.39. The van der Waals surface area contributed by atoms with Crippen LogP contribution in [0.25, 0.3) is 42.2 Å². The molecule has 265 valence electrons. The maximum absolute atomic E-state index is 12.2. The van der Waals surface area contributed by atoms with Crippen LogP contribution < -0.4 is 5.19 Å². The van der Waals surface area contributed by atoms with Crippen molar-refractivity contribution in [3.63, 3.8) is 0 Å². The molecule has 3 nitrogen and oxygen atoms in total. The summed E-state index contributed by atoms with van der Waals surface area (Å²) in [5.41, 5.74) is 4.37. The molecule has 0 saturated heterocycles. The number of carbonyl (C=O) groups is 1.